The van der Waals surface area contributed by atoms with E-state index in [1.165, 1.54) is 10.9 Å². The summed E-state index contributed by atoms with van der Waals surface area (Å²) < 4.78 is 51.1. The van der Waals surface area contributed by atoms with Gasteiger partial charge in [0.2, 0.25) is 0 Å². The van der Waals surface area contributed by atoms with Crippen molar-refractivity contribution in [3.63, 3.8) is 0 Å². The summed E-state index contributed by atoms with van der Waals surface area (Å²) in [7, 11) is -0.842. The van der Waals surface area contributed by atoms with Crippen molar-refractivity contribution in [2.24, 2.45) is 0 Å². The van der Waals surface area contributed by atoms with E-state index in [4.69, 9.17) is 13.9 Å². The Bertz CT molecular complexity index is 1810. The number of aromatic nitrogens is 4. The lowest BCUT2D eigenvalue weighted by Gasteiger charge is -2.39. The van der Waals surface area contributed by atoms with Crippen LogP contribution in [0.4, 0.5) is 14.6 Å². The molecule has 1 aliphatic rings. The molecule has 2 N–H and O–H groups in total. The highest BCUT2D eigenvalue weighted by atomic mass is 28.4. The lowest BCUT2D eigenvalue weighted by Crippen LogP contribution is -2.49. The van der Waals surface area contributed by atoms with Gasteiger partial charge in [-0.1, -0.05) is 93.6 Å². The van der Waals surface area contributed by atoms with Gasteiger partial charge in [-0.3, -0.25) is 4.57 Å². The van der Waals surface area contributed by atoms with Crippen molar-refractivity contribution in [2.45, 2.75) is 69.0 Å². The van der Waals surface area contributed by atoms with E-state index in [1.807, 2.05) is 98.0 Å². The number of aliphatic hydroxyl groups excluding tert-OH is 1. The zero-order chi connectivity index (χ0) is 34.3. The standard InChI is InChI=1S/C36H41F2N5O4Si/c1-35(2,3)48(5,6)47-30-27(21-44)46-33(28(30)37)43-22-39-29-31(40-34(38)41-32(29)43)42-36(23-13-9-7-10-14-23,24-15-11-8-12-16-24)25-17-19-26(45-4)20-18-25/h7-20,22,27-28,30,33,44H,21H2,1-6H3,(H,40,41,42)/t27-,28+,30-,33-/m1/s1. The molecule has 48 heavy (non-hydrogen) atoms. The molecule has 0 bridgehead atoms. The third kappa shape index (κ3) is 5.98. The first-order valence-electron chi connectivity index (χ1n) is 15.9. The molecule has 0 radical (unpaired) electrons. The number of hydrogen-bond donors (Lipinski definition) is 2. The lowest BCUT2D eigenvalue weighted by molar-refractivity contribution is -0.0446. The summed E-state index contributed by atoms with van der Waals surface area (Å²) in [5, 5.41) is 13.5. The minimum atomic E-state index is -2.44. The molecular formula is C36H41F2N5O4Si. The van der Waals surface area contributed by atoms with E-state index >= 15 is 8.78 Å². The van der Waals surface area contributed by atoms with Gasteiger partial charge in [0.05, 0.1) is 20.0 Å². The Kier molecular flexibility index (Phi) is 9.11. The summed E-state index contributed by atoms with van der Waals surface area (Å²) in [6.07, 6.45) is -4.57. The van der Waals surface area contributed by atoms with E-state index in [2.05, 4.69) is 41.0 Å². The molecule has 6 rings (SSSR count). The number of benzene rings is 3. The summed E-state index contributed by atoms with van der Waals surface area (Å²) in [6, 6.07) is 27.1. The average Bonchev–Trinajstić information content (AvgIpc) is 3.63. The van der Waals surface area contributed by atoms with Gasteiger partial charge >= 0.3 is 6.08 Å². The highest BCUT2D eigenvalue weighted by molar-refractivity contribution is 6.74. The molecule has 9 nitrogen and oxygen atoms in total. The highest BCUT2D eigenvalue weighted by Gasteiger charge is 2.51. The number of rotatable bonds is 10. The predicted octanol–water partition coefficient (Wildman–Crippen LogP) is 7.00. The molecular weight excluding hydrogens is 633 g/mol. The predicted molar refractivity (Wildman–Crippen MR) is 183 cm³/mol. The number of alkyl halides is 1. The van der Waals surface area contributed by atoms with Gasteiger partial charge in [0.25, 0.3) is 0 Å². The lowest BCUT2D eigenvalue weighted by atomic mass is 9.77. The fourth-order valence-corrected chi connectivity index (χ4v) is 7.31. The number of hydrogen-bond acceptors (Lipinski definition) is 8. The molecule has 0 unspecified atom stereocenters. The number of ether oxygens (including phenoxy) is 2. The second-order valence-corrected chi connectivity index (χ2v) is 18.3. The maximum Gasteiger partial charge on any atom is 0.312 e. The number of nitrogens with one attached hydrogen (secondary N) is 1. The van der Waals surface area contributed by atoms with Gasteiger partial charge < -0.3 is 24.3 Å². The van der Waals surface area contributed by atoms with Crippen LogP contribution in [-0.4, -0.2) is 65.0 Å². The van der Waals surface area contributed by atoms with Crippen LogP contribution in [0.25, 0.3) is 11.2 Å². The van der Waals surface area contributed by atoms with E-state index in [9.17, 15) is 5.11 Å². The zero-order valence-corrected chi connectivity index (χ0v) is 28.9. The van der Waals surface area contributed by atoms with Gasteiger partial charge in [-0.05, 0) is 47.0 Å². The van der Waals surface area contributed by atoms with Crippen molar-refractivity contribution in [3.05, 3.63) is 114 Å². The number of methoxy groups -OCH3 is 1. The van der Waals surface area contributed by atoms with Crippen LogP contribution in [0.3, 0.4) is 0 Å². The molecule has 252 valence electrons. The van der Waals surface area contributed by atoms with Crippen molar-refractivity contribution in [1.29, 1.82) is 0 Å². The molecule has 1 fully saturated rings. The maximum atomic E-state index is 16.3. The van der Waals surface area contributed by atoms with E-state index < -0.39 is 51.1 Å². The smallest absolute Gasteiger partial charge is 0.312 e. The first-order valence-corrected chi connectivity index (χ1v) is 18.8. The quantitative estimate of drug-likeness (QED) is 0.0929. The van der Waals surface area contributed by atoms with E-state index in [0.29, 0.717) is 5.75 Å². The van der Waals surface area contributed by atoms with Gasteiger partial charge in [0.1, 0.15) is 23.5 Å². The molecule has 0 amide bonds. The SMILES string of the molecule is COc1ccc(C(Nc2nc(F)nc3c2ncn3[C@@H]2O[C@H](CO)[C@@H](O[Si](C)(C)C(C)(C)C)[C@@H]2F)(c2ccccc2)c2ccccc2)cc1. The van der Waals surface area contributed by atoms with Crippen molar-refractivity contribution in [2.75, 3.05) is 19.0 Å². The van der Waals surface area contributed by atoms with Crippen LogP contribution >= 0.6 is 0 Å². The van der Waals surface area contributed by atoms with Crippen molar-refractivity contribution in [3.8, 4) is 5.75 Å². The average molecular weight is 674 g/mol. The molecule has 1 aliphatic heterocycles. The Morgan fingerprint density at radius 3 is 2.04 bits per heavy atom. The van der Waals surface area contributed by atoms with Gasteiger partial charge in [0.15, 0.2) is 37.7 Å². The highest BCUT2D eigenvalue weighted by Crippen LogP contribution is 2.44. The van der Waals surface area contributed by atoms with E-state index in [0.717, 1.165) is 16.7 Å². The van der Waals surface area contributed by atoms with Crippen LogP contribution in [0.5, 0.6) is 5.75 Å². The minimum absolute atomic E-state index is 0.0343. The zero-order valence-electron chi connectivity index (χ0n) is 27.9. The molecule has 3 aromatic carbocycles. The number of anilines is 1. The second kappa shape index (κ2) is 13.0. The van der Waals surface area contributed by atoms with Crippen LogP contribution in [0, 0.1) is 6.08 Å². The van der Waals surface area contributed by atoms with E-state index in [1.54, 1.807) is 7.11 Å². The van der Waals surface area contributed by atoms with E-state index in [-0.39, 0.29) is 22.0 Å². The Balaban J connectivity index is 1.47. The number of imidazole rings is 1. The second-order valence-electron chi connectivity index (χ2n) is 13.5. The Hall–Kier alpha value is -4.23. The number of aliphatic hydroxyl groups is 1. The van der Waals surface area contributed by atoms with Gasteiger partial charge in [-0.25, -0.2) is 9.37 Å². The van der Waals surface area contributed by atoms with Crippen LogP contribution in [0.2, 0.25) is 18.1 Å². The van der Waals surface area contributed by atoms with Crippen LogP contribution in [-0.2, 0) is 14.7 Å². The summed E-state index contributed by atoms with van der Waals surface area (Å²) in [4.78, 5) is 12.8. The van der Waals surface area contributed by atoms with Crippen molar-refractivity contribution in [1.82, 2.24) is 19.5 Å². The molecule has 4 atom stereocenters. The maximum absolute atomic E-state index is 16.3. The van der Waals surface area contributed by atoms with Gasteiger partial charge in [-0.2, -0.15) is 14.4 Å². The normalized spacial score (nSPS) is 20.3. The number of halogens is 2. The van der Waals surface area contributed by atoms with Crippen molar-refractivity contribution < 1.29 is 27.8 Å². The largest absolute Gasteiger partial charge is 0.497 e. The minimum Gasteiger partial charge on any atom is -0.497 e. The summed E-state index contributed by atoms with van der Waals surface area (Å²) in [6.45, 7) is 9.76. The fraction of sp³-hybridized carbons (Fsp3) is 0.361. The Morgan fingerprint density at radius 2 is 1.50 bits per heavy atom. The van der Waals surface area contributed by atoms with Crippen LogP contribution < -0.4 is 10.1 Å². The first kappa shape index (κ1) is 33.7. The van der Waals surface area contributed by atoms with Crippen LogP contribution in [0.15, 0.2) is 91.3 Å². The molecule has 12 heteroatoms. The topological polar surface area (TPSA) is 104 Å². The molecule has 0 aliphatic carbocycles. The number of fused-ring (bicyclic) bond motifs is 1. The summed E-state index contributed by atoms with van der Waals surface area (Å²) >= 11 is 0. The molecule has 1 saturated heterocycles. The number of nitrogens with zero attached hydrogens (tertiary/aromatic N) is 4. The molecule has 0 spiro atoms. The molecule has 0 saturated carbocycles. The third-order valence-electron chi connectivity index (χ3n) is 9.59. The fourth-order valence-electron chi connectivity index (χ4n) is 6.00. The van der Waals surface area contributed by atoms with Gasteiger partial charge in [-0.15, -0.1) is 0 Å². The Labute approximate surface area is 280 Å². The first-order chi connectivity index (χ1) is 22.9. The molecule has 5 aromatic rings. The molecule has 2 aromatic heterocycles. The Morgan fingerprint density at radius 1 is 0.917 bits per heavy atom. The summed E-state index contributed by atoms with van der Waals surface area (Å²) in [5.41, 5.74) is 1.70. The summed E-state index contributed by atoms with van der Waals surface area (Å²) in [5.74, 6) is 0.776. The van der Waals surface area contributed by atoms with Crippen molar-refractivity contribution >= 4 is 25.3 Å². The van der Waals surface area contributed by atoms with Gasteiger partial charge in [0, 0.05) is 0 Å². The monoisotopic (exact) mass is 673 g/mol. The molecule has 3 heterocycles. The third-order valence-corrected chi connectivity index (χ3v) is 14.1. The van der Waals surface area contributed by atoms with Crippen LogP contribution in [0.1, 0.15) is 43.7 Å².